The molecule has 1 N–H and O–H groups in total. The molecule has 3 rings (SSSR count). The third-order valence-corrected chi connectivity index (χ3v) is 4.62. The second kappa shape index (κ2) is 4.77. The van der Waals surface area contributed by atoms with Gasteiger partial charge in [0.25, 0.3) is 0 Å². The lowest BCUT2D eigenvalue weighted by Gasteiger charge is -2.19. The Kier molecular flexibility index (Phi) is 3.17. The van der Waals surface area contributed by atoms with Gasteiger partial charge in [-0.05, 0) is 25.8 Å². The van der Waals surface area contributed by atoms with Gasteiger partial charge in [-0.25, -0.2) is 0 Å². The summed E-state index contributed by atoms with van der Waals surface area (Å²) in [6.45, 7) is 3.92. The maximum absolute atomic E-state index is 5.50. The normalized spacial score (nSPS) is 30.8. The van der Waals surface area contributed by atoms with Gasteiger partial charge in [0.1, 0.15) is 10.0 Å². The summed E-state index contributed by atoms with van der Waals surface area (Å²) < 4.78 is 5.50. The number of hydrogen-bond donors (Lipinski definition) is 1. The van der Waals surface area contributed by atoms with Gasteiger partial charge >= 0.3 is 0 Å². The topological polar surface area (TPSA) is 47.0 Å². The predicted molar refractivity (Wildman–Crippen MR) is 62.9 cm³/mol. The Labute approximate surface area is 99.4 Å². The smallest absolute Gasteiger partial charge is 0.122 e. The molecule has 3 heterocycles. The first kappa shape index (κ1) is 10.6. The van der Waals surface area contributed by atoms with E-state index in [-0.39, 0.29) is 0 Å². The summed E-state index contributed by atoms with van der Waals surface area (Å²) in [5.41, 5.74) is 0. The monoisotopic (exact) mass is 239 g/mol. The first-order valence-electron chi connectivity index (χ1n) is 6.05. The Morgan fingerprint density at radius 3 is 2.75 bits per heavy atom. The number of hydrogen-bond acceptors (Lipinski definition) is 5. The van der Waals surface area contributed by atoms with Gasteiger partial charge in [-0.1, -0.05) is 0 Å². The fourth-order valence-electron chi connectivity index (χ4n) is 2.38. The van der Waals surface area contributed by atoms with Crippen molar-refractivity contribution in [3.05, 3.63) is 10.0 Å². The van der Waals surface area contributed by atoms with E-state index in [9.17, 15) is 0 Å². The molecular weight excluding hydrogens is 222 g/mol. The summed E-state index contributed by atoms with van der Waals surface area (Å²) in [7, 11) is 0. The predicted octanol–water partition coefficient (Wildman–Crippen LogP) is 1.51. The van der Waals surface area contributed by atoms with Gasteiger partial charge < -0.3 is 10.1 Å². The van der Waals surface area contributed by atoms with Crippen molar-refractivity contribution in [1.29, 1.82) is 0 Å². The van der Waals surface area contributed by atoms with Gasteiger partial charge in [-0.2, -0.15) is 0 Å². The maximum Gasteiger partial charge on any atom is 0.122 e. The van der Waals surface area contributed by atoms with Gasteiger partial charge in [0.05, 0.1) is 6.61 Å². The molecule has 2 fully saturated rings. The van der Waals surface area contributed by atoms with Crippen molar-refractivity contribution < 1.29 is 4.74 Å². The van der Waals surface area contributed by atoms with Crippen LogP contribution < -0.4 is 5.32 Å². The number of aromatic nitrogens is 2. The third-order valence-electron chi connectivity index (χ3n) is 3.38. The maximum atomic E-state index is 5.50. The van der Waals surface area contributed by atoms with Gasteiger partial charge in [0, 0.05) is 25.0 Å². The molecule has 0 amide bonds. The number of nitrogens with zero attached hydrogens (tertiary/aromatic N) is 2. The van der Waals surface area contributed by atoms with E-state index in [1.807, 2.05) is 0 Å². The molecule has 5 heteroatoms. The van der Waals surface area contributed by atoms with Crippen LogP contribution >= 0.6 is 11.3 Å². The van der Waals surface area contributed by atoms with Crippen molar-refractivity contribution in [2.24, 2.45) is 0 Å². The van der Waals surface area contributed by atoms with Crippen LogP contribution in [-0.4, -0.2) is 36.5 Å². The number of nitrogens with one attached hydrogen (secondary N) is 1. The Morgan fingerprint density at radius 2 is 2.06 bits per heavy atom. The van der Waals surface area contributed by atoms with Crippen molar-refractivity contribution in [2.45, 2.75) is 31.1 Å². The van der Waals surface area contributed by atoms with Crippen LogP contribution in [0.1, 0.15) is 41.1 Å². The fraction of sp³-hybridized carbons (Fsp3) is 0.818. The minimum Gasteiger partial charge on any atom is -0.381 e. The number of rotatable bonds is 2. The molecular formula is C11H17N3OS. The zero-order chi connectivity index (χ0) is 10.8. The zero-order valence-electron chi connectivity index (χ0n) is 9.32. The first-order valence-corrected chi connectivity index (χ1v) is 6.87. The van der Waals surface area contributed by atoms with Crippen molar-refractivity contribution in [3.8, 4) is 0 Å². The van der Waals surface area contributed by atoms with E-state index in [1.165, 1.54) is 22.9 Å². The van der Waals surface area contributed by atoms with E-state index < -0.39 is 0 Å². The van der Waals surface area contributed by atoms with E-state index in [2.05, 4.69) is 15.5 Å². The highest BCUT2D eigenvalue weighted by molar-refractivity contribution is 7.11. The Morgan fingerprint density at radius 1 is 1.19 bits per heavy atom. The fourth-order valence-corrected chi connectivity index (χ4v) is 3.48. The van der Waals surface area contributed by atoms with E-state index in [1.54, 1.807) is 11.3 Å². The zero-order valence-corrected chi connectivity index (χ0v) is 10.1. The van der Waals surface area contributed by atoms with Gasteiger partial charge in [0.15, 0.2) is 0 Å². The summed E-state index contributed by atoms with van der Waals surface area (Å²) in [5, 5.41) is 14.5. The molecule has 2 aliphatic rings. The first-order chi connectivity index (χ1) is 7.93. The Hall–Kier alpha value is -0.520. The van der Waals surface area contributed by atoms with Crippen molar-refractivity contribution >= 4 is 11.3 Å². The highest BCUT2D eigenvalue weighted by atomic mass is 32.1. The minimum absolute atomic E-state index is 0.495. The van der Waals surface area contributed by atoms with Crippen LogP contribution in [0.4, 0.5) is 0 Å². The average molecular weight is 239 g/mol. The van der Waals surface area contributed by atoms with E-state index in [0.29, 0.717) is 11.8 Å². The lowest BCUT2D eigenvalue weighted by Crippen LogP contribution is -2.15. The highest BCUT2D eigenvalue weighted by Crippen LogP contribution is 2.31. The molecule has 0 bridgehead atoms. The summed E-state index contributed by atoms with van der Waals surface area (Å²) in [6, 6.07) is 0. The van der Waals surface area contributed by atoms with Gasteiger partial charge in [-0.3, -0.25) is 0 Å². The lowest BCUT2D eigenvalue weighted by atomic mass is 10.0. The van der Waals surface area contributed by atoms with Crippen LogP contribution in [0, 0.1) is 0 Å². The third kappa shape index (κ3) is 2.12. The van der Waals surface area contributed by atoms with Gasteiger partial charge in [0.2, 0.25) is 0 Å². The molecule has 1 aromatic heterocycles. The van der Waals surface area contributed by atoms with Gasteiger partial charge in [-0.15, -0.1) is 21.5 Å². The van der Waals surface area contributed by atoms with Crippen LogP contribution in [0.2, 0.25) is 0 Å². The van der Waals surface area contributed by atoms with Crippen LogP contribution in [0.15, 0.2) is 0 Å². The standard InChI is InChI=1S/C11H17N3OS/c1-2-9(7-15-5-1)11-14-13-10(16-11)8-3-4-12-6-8/h8-9,12H,1-7H2. The van der Waals surface area contributed by atoms with Crippen LogP contribution in [0.3, 0.4) is 0 Å². The Balaban J connectivity index is 1.71. The molecule has 0 saturated carbocycles. The van der Waals surface area contributed by atoms with Crippen LogP contribution in [0.5, 0.6) is 0 Å². The summed E-state index contributed by atoms with van der Waals surface area (Å²) in [4.78, 5) is 0. The molecule has 2 unspecified atom stereocenters. The second-order valence-electron chi connectivity index (χ2n) is 4.58. The largest absolute Gasteiger partial charge is 0.381 e. The Bertz CT molecular complexity index is 343. The SMILES string of the molecule is C1COCC(c2nnc(C3CCNC3)s2)C1. The van der Waals surface area contributed by atoms with Crippen molar-refractivity contribution in [3.63, 3.8) is 0 Å². The summed E-state index contributed by atoms with van der Waals surface area (Å²) >= 11 is 1.79. The van der Waals surface area contributed by atoms with Crippen LogP contribution in [0.25, 0.3) is 0 Å². The quantitative estimate of drug-likeness (QED) is 0.850. The lowest BCUT2D eigenvalue weighted by molar-refractivity contribution is 0.0802. The molecule has 2 aliphatic heterocycles. The van der Waals surface area contributed by atoms with E-state index >= 15 is 0 Å². The molecule has 0 spiro atoms. The molecule has 2 saturated heterocycles. The van der Waals surface area contributed by atoms with Crippen LogP contribution in [-0.2, 0) is 4.74 Å². The minimum atomic E-state index is 0.495. The molecule has 88 valence electrons. The molecule has 0 radical (unpaired) electrons. The van der Waals surface area contributed by atoms with Crippen molar-refractivity contribution in [1.82, 2.24) is 15.5 Å². The van der Waals surface area contributed by atoms with E-state index in [4.69, 9.17) is 4.74 Å². The molecule has 2 atom stereocenters. The van der Waals surface area contributed by atoms with E-state index in [0.717, 1.165) is 32.7 Å². The highest BCUT2D eigenvalue weighted by Gasteiger charge is 2.24. The summed E-state index contributed by atoms with van der Waals surface area (Å²) in [5.74, 6) is 1.09. The molecule has 0 aromatic carbocycles. The number of ether oxygens (including phenoxy) is 1. The second-order valence-corrected chi connectivity index (χ2v) is 5.62. The molecule has 16 heavy (non-hydrogen) atoms. The molecule has 4 nitrogen and oxygen atoms in total. The van der Waals surface area contributed by atoms with Crippen molar-refractivity contribution in [2.75, 3.05) is 26.3 Å². The molecule has 1 aromatic rings. The molecule has 0 aliphatic carbocycles. The average Bonchev–Trinajstić information content (AvgIpc) is 3.01. The summed E-state index contributed by atoms with van der Waals surface area (Å²) in [6.07, 6.45) is 3.57.